The van der Waals surface area contributed by atoms with Crippen LogP contribution in [0, 0.1) is 0 Å². The molecule has 0 aliphatic carbocycles. The topological polar surface area (TPSA) is 86.6 Å². The van der Waals surface area contributed by atoms with Crippen molar-refractivity contribution in [3.8, 4) is 0 Å². The van der Waals surface area contributed by atoms with Crippen molar-refractivity contribution in [1.29, 1.82) is 0 Å². The van der Waals surface area contributed by atoms with E-state index in [2.05, 4.69) is 21.2 Å². The Kier molecular flexibility index (Phi) is 4.96. The van der Waals surface area contributed by atoms with Gasteiger partial charge in [0.15, 0.2) is 0 Å². The predicted octanol–water partition coefficient (Wildman–Crippen LogP) is 2.18. The summed E-state index contributed by atoms with van der Waals surface area (Å²) < 4.78 is 0.889. The maximum atomic E-state index is 10.9. The zero-order valence-electron chi connectivity index (χ0n) is 8.89. The van der Waals surface area contributed by atoms with Crippen molar-refractivity contribution >= 4 is 33.6 Å². The van der Waals surface area contributed by atoms with E-state index in [-0.39, 0.29) is 12.8 Å². The van der Waals surface area contributed by atoms with E-state index in [1.54, 1.807) is 24.3 Å². The minimum absolute atomic E-state index is 0.0424. The van der Waals surface area contributed by atoms with Crippen LogP contribution in [0.1, 0.15) is 12.8 Å². The highest BCUT2D eigenvalue weighted by molar-refractivity contribution is 9.10. The molecule has 0 aliphatic heterocycles. The summed E-state index contributed by atoms with van der Waals surface area (Å²) in [7, 11) is 0. The molecule has 0 aliphatic rings. The van der Waals surface area contributed by atoms with Gasteiger partial charge in [-0.05, 0) is 30.7 Å². The lowest BCUT2D eigenvalue weighted by atomic mass is 10.1. The number of benzene rings is 1. The Morgan fingerprint density at radius 1 is 1.24 bits per heavy atom. The van der Waals surface area contributed by atoms with Gasteiger partial charge in [0.25, 0.3) is 0 Å². The number of nitrogens with one attached hydrogen (secondary N) is 1. The number of hydrogen-bond donors (Lipinski definition) is 3. The third-order valence-electron chi connectivity index (χ3n) is 2.13. The second-order valence-electron chi connectivity index (χ2n) is 3.47. The molecule has 17 heavy (non-hydrogen) atoms. The summed E-state index contributed by atoms with van der Waals surface area (Å²) >= 11 is 3.27. The fourth-order valence-corrected chi connectivity index (χ4v) is 1.54. The van der Waals surface area contributed by atoms with Crippen LogP contribution < -0.4 is 5.32 Å². The molecule has 0 amide bonds. The van der Waals surface area contributed by atoms with Crippen LogP contribution in [-0.2, 0) is 9.59 Å². The highest BCUT2D eigenvalue weighted by atomic mass is 79.9. The van der Waals surface area contributed by atoms with Crippen molar-refractivity contribution < 1.29 is 19.8 Å². The fourth-order valence-electron chi connectivity index (χ4n) is 1.27. The van der Waals surface area contributed by atoms with Gasteiger partial charge in [-0.15, -0.1) is 0 Å². The minimum Gasteiger partial charge on any atom is -0.481 e. The lowest BCUT2D eigenvalue weighted by Crippen LogP contribution is -2.29. The zero-order valence-corrected chi connectivity index (χ0v) is 10.5. The zero-order chi connectivity index (χ0) is 12.8. The van der Waals surface area contributed by atoms with E-state index in [4.69, 9.17) is 10.2 Å². The van der Waals surface area contributed by atoms with Crippen LogP contribution in [0.15, 0.2) is 28.7 Å². The van der Waals surface area contributed by atoms with Gasteiger partial charge in [-0.2, -0.15) is 0 Å². The summed E-state index contributed by atoms with van der Waals surface area (Å²) in [5, 5.41) is 20.2. The van der Waals surface area contributed by atoms with Gasteiger partial charge in [-0.3, -0.25) is 4.79 Å². The SMILES string of the molecule is O=C(O)CC[C@H](Nc1ccc(Br)cc1)C(=O)O. The van der Waals surface area contributed by atoms with Crippen LogP contribution in [0.5, 0.6) is 0 Å². The first kappa shape index (κ1) is 13.5. The van der Waals surface area contributed by atoms with Gasteiger partial charge in [0.2, 0.25) is 0 Å². The Bertz CT molecular complexity index is 404. The van der Waals surface area contributed by atoms with Crippen LogP contribution in [-0.4, -0.2) is 28.2 Å². The standard InChI is InChI=1S/C11H12BrNO4/c12-7-1-3-8(4-2-7)13-9(11(16)17)5-6-10(14)15/h1-4,9,13H,5-6H2,(H,14,15)(H,16,17)/t9-/m0/s1. The summed E-state index contributed by atoms with van der Waals surface area (Å²) in [5.41, 5.74) is 0.644. The first-order valence-electron chi connectivity index (χ1n) is 4.95. The van der Waals surface area contributed by atoms with Crippen LogP contribution in [0.4, 0.5) is 5.69 Å². The average molecular weight is 302 g/mol. The van der Waals surface area contributed by atoms with E-state index in [0.717, 1.165) is 4.47 Å². The van der Waals surface area contributed by atoms with Gasteiger partial charge >= 0.3 is 11.9 Å². The lowest BCUT2D eigenvalue weighted by Gasteiger charge is -2.14. The monoisotopic (exact) mass is 301 g/mol. The van der Waals surface area contributed by atoms with Gasteiger partial charge in [-0.25, -0.2) is 4.79 Å². The Hall–Kier alpha value is -1.56. The molecule has 0 aromatic heterocycles. The molecule has 0 bridgehead atoms. The molecule has 0 radical (unpaired) electrons. The van der Waals surface area contributed by atoms with Crippen molar-refractivity contribution in [2.45, 2.75) is 18.9 Å². The lowest BCUT2D eigenvalue weighted by molar-refractivity contribution is -0.139. The maximum Gasteiger partial charge on any atom is 0.326 e. The molecule has 0 saturated heterocycles. The molecule has 1 rings (SSSR count). The smallest absolute Gasteiger partial charge is 0.326 e. The van der Waals surface area contributed by atoms with Crippen LogP contribution in [0.2, 0.25) is 0 Å². The van der Waals surface area contributed by atoms with Gasteiger partial charge < -0.3 is 15.5 Å². The van der Waals surface area contributed by atoms with E-state index >= 15 is 0 Å². The molecule has 0 saturated carbocycles. The first-order valence-corrected chi connectivity index (χ1v) is 5.75. The Morgan fingerprint density at radius 2 is 1.82 bits per heavy atom. The summed E-state index contributed by atoms with van der Waals surface area (Å²) in [5.74, 6) is -2.07. The predicted molar refractivity (Wildman–Crippen MR) is 66.1 cm³/mol. The average Bonchev–Trinajstić information content (AvgIpc) is 2.26. The molecule has 0 unspecified atom stereocenters. The summed E-state index contributed by atoms with van der Waals surface area (Å²) in [4.78, 5) is 21.3. The molecule has 3 N–H and O–H groups in total. The Balaban J connectivity index is 2.63. The normalized spacial score (nSPS) is 11.8. The van der Waals surface area contributed by atoms with E-state index < -0.39 is 18.0 Å². The second-order valence-corrected chi connectivity index (χ2v) is 4.39. The van der Waals surface area contributed by atoms with Gasteiger partial charge in [-0.1, -0.05) is 15.9 Å². The molecule has 5 nitrogen and oxygen atoms in total. The molecule has 6 heteroatoms. The number of carbonyl (C=O) groups is 2. The number of anilines is 1. The number of carboxylic acid groups (broad SMARTS) is 2. The largest absolute Gasteiger partial charge is 0.481 e. The van der Waals surface area contributed by atoms with E-state index in [1.807, 2.05) is 0 Å². The highest BCUT2D eigenvalue weighted by Crippen LogP contribution is 2.16. The quantitative estimate of drug-likeness (QED) is 0.750. The van der Waals surface area contributed by atoms with E-state index in [1.165, 1.54) is 0 Å². The van der Waals surface area contributed by atoms with Crippen molar-refractivity contribution in [1.82, 2.24) is 0 Å². The number of carboxylic acids is 2. The third-order valence-corrected chi connectivity index (χ3v) is 2.66. The highest BCUT2D eigenvalue weighted by Gasteiger charge is 2.18. The van der Waals surface area contributed by atoms with Gasteiger partial charge in [0.1, 0.15) is 6.04 Å². The first-order chi connectivity index (χ1) is 7.99. The molecule has 0 heterocycles. The molecule has 0 spiro atoms. The molecule has 92 valence electrons. The summed E-state index contributed by atoms with van der Waals surface area (Å²) in [6.45, 7) is 0. The van der Waals surface area contributed by atoms with Gasteiger partial charge in [0, 0.05) is 16.6 Å². The van der Waals surface area contributed by atoms with E-state index in [0.29, 0.717) is 5.69 Å². The maximum absolute atomic E-state index is 10.9. The van der Waals surface area contributed by atoms with Crippen LogP contribution >= 0.6 is 15.9 Å². The molecular formula is C11H12BrNO4. The number of aliphatic carboxylic acids is 2. The molecule has 1 atom stereocenters. The van der Waals surface area contributed by atoms with Crippen molar-refractivity contribution in [3.63, 3.8) is 0 Å². The third kappa shape index (κ3) is 4.86. The number of hydrogen-bond acceptors (Lipinski definition) is 3. The summed E-state index contributed by atoms with van der Waals surface area (Å²) in [6, 6.07) is 6.10. The molecule has 1 aromatic carbocycles. The van der Waals surface area contributed by atoms with Crippen LogP contribution in [0.3, 0.4) is 0 Å². The van der Waals surface area contributed by atoms with Crippen molar-refractivity contribution in [3.05, 3.63) is 28.7 Å². The Labute approximate surface area is 107 Å². The van der Waals surface area contributed by atoms with Crippen molar-refractivity contribution in [2.75, 3.05) is 5.32 Å². The minimum atomic E-state index is -1.06. The number of halogens is 1. The second kappa shape index (κ2) is 6.24. The summed E-state index contributed by atoms with van der Waals surface area (Å²) in [6.07, 6.45) is -0.138. The number of rotatable bonds is 6. The Morgan fingerprint density at radius 3 is 2.29 bits per heavy atom. The van der Waals surface area contributed by atoms with E-state index in [9.17, 15) is 9.59 Å². The molecule has 1 aromatic rings. The molecular weight excluding hydrogens is 290 g/mol. The molecule has 0 fully saturated rings. The van der Waals surface area contributed by atoms with Crippen molar-refractivity contribution in [2.24, 2.45) is 0 Å². The van der Waals surface area contributed by atoms with Gasteiger partial charge in [0.05, 0.1) is 0 Å². The van der Waals surface area contributed by atoms with Crippen LogP contribution in [0.25, 0.3) is 0 Å². The fraction of sp³-hybridized carbons (Fsp3) is 0.273.